The molecule has 22 heavy (non-hydrogen) atoms. The summed E-state index contributed by atoms with van der Waals surface area (Å²) in [4.78, 5) is 23.2. The Morgan fingerprint density at radius 3 is 2.59 bits per heavy atom. The van der Waals surface area contributed by atoms with Crippen LogP contribution < -0.4 is 10.2 Å². The Hall–Kier alpha value is -2.56. The first-order chi connectivity index (χ1) is 10.6. The molecule has 0 amide bonds. The molecule has 0 spiro atoms. The van der Waals surface area contributed by atoms with E-state index in [0.717, 1.165) is 5.56 Å². The summed E-state index contributed by atoms with van der Waals surface area (Å²) in [5, 5.41) is 0. The lowest BCUT2D eigenvalue weighted by Gasteiger charge is -2.14. The van der Waals surface area contributed by atoms with E-state index in [2.05, 4.69) is 4.74 Å². The molecule has 116 valence electrons. The Balaban J connectivity index is 2.13. The summed E-state index contributed by atoms with van der Waals surface area (Å²) >= 11 is 0. The van der Waals surface area contributed by atoms with E-state index >= 15 is 0 Å². The molecular weight excluding hydrogens is 282 g/mol. The molecule has 1 heterocycles. The van der Waals surface area contributed by atoms with E-state index < -0.39 is 0 Å². The number of carbonyl (C=O) groups is 1. The number of aromatic nitrogens is 1. The van der Waals surface area contributed by atoms with Crippen molar-refractivity contribution >= 4 is 5.97 Å². The smallest absolute Gasteiger partial charge is 0.307 e. The average Bonchev–Trinajstić information content (AvgIpc) is 2.54. The van der Waals surface area contributed by atoms with Crippen LogP contribution in [0.4, 0.5) is 0 Å². The third-order valence-corrected chi connectivity index (χ3v) is 3.40. The number of esters is 1. The molecule has 2 rings (SSSR count). The third kappa shape index (κ3) is 3.97. The first kappa shape index (κ1) is 15.8. The van der Waals surface area contributed by atoms with Gasteiger partial charge in [-0.25, -0.2) is 0 Å². The van der Waals surface area contributed by atoms with Crippen molar-refractivity contribution in [3.05, 3.63) is 64.1 Å². The van der Waals surface area contributed by atoms with Crippen LogP contribution in [-0.4, -0.2) is 17.6 Å². The average molecular weight is 301 g/mol. The van der Waals surface area contributed by atoms with Gasteiger partial charge in [0.05, 0.1) is 19.2 Å². The fourth-order valence-corrected chi connectivity index (χ4v) is 2.12. The molecular formula is C17H19NO4. The standard InChI is InChI=1S/C17H19NO4/c1-13-17(22-12-14-6-4-3-5-7-14)15(19)8-10-18(13)11-9-16(20)21-2/h3-8,10H,9,11-12H2,1-2H3. The number of nitrogens with zero attached hydrogens (tertiary/aromatic N) is 1. The van der Waals surface area contributed by atoms with Crippen LogP contribution in [0.25, 0.3) is 0 Å². The number of hydrogen-bond acceptors (Lipinski definition) is 4. The SMILES string of the molecule is COC(=O)CCn1ccc(=O)c(OCc2ccccc2)c1C. The highest BCUT2D eigenvalue weighted by atomic mass is 16.5. The van der Waals surface area contributed by atoms with Gasteiger partial charge in [0.2, 0.25) is 5.43 Å². The number of rotatable bonds is 6. The van der Waals surface area contributed by atoms with E-state index in [1.165, 1.54) is 13.2 Å². The van der Waals surface area contributed by atoms with Crippen LogP contribution >= 0.6 is 0 Å². The van der Waals surface area contributed by atoms with Gasteiger partial charge in [-0.1, -0.05) is 30.3 Å². The highest BCUT2D eigenvalue weighted by Crippen LogP contribution is 2.14. The predicted octanol–water partition coefficient (Wildman–Crippen LogP) is 2.30. The van der Waals surface area contributed by atoms with E-state index in [9.17, 15) is 9.59 Å². The zero-order valence-corrected chi connectivity index (χ0v) is 12.7. The molecule has 5 nitrogen and oxygen atoms in total. The van der Waals surface area contributed by atoms with Crippen LogP contribution in [0.2, 0.25) is 0 Å². The van der Waals surface area contributed by atoms with Gasteiger partial charge in [0.25, 0.3) is 0 Å². The Morgan fingerprint density at radius 1 is 1.18 bits per heavy atom. The zero-order chi connectivity index (χ0) is 15.9. The van der Waals surface area contributed by atoms with Gasteiger partial charge in [-0.3, -0.25) is 9.59 Å². The fraction of sp³-hybridized carbons (Fsp3) is 0.294. The summed E-state index contributed by atoms with van der Waals surface area (Å²) in [7, 11) is 1.36. The van der Waals surface area contributed by atoms with Gasteiger partial charge in [-0.05, 0) is 12.5 Å². The normalized spacial score (nSPS) is 10.3. The minimum absolute atomic E-state index is 0.164. The molecule has 5 heteroatoms. The van der Waals surface area contributed by atoms with Crippen LogP contribution in [-0.2, 0) is 22.7 Å². The minimum Gasteiger partial charge on any atom is -0.483 e. The predicted molar refractivity (Wildman–Crippen MR) is 82.8 cm³/mol. The topological polar surface area (TPSA) is 57.5 Å². The minimum atomic E-state index is -0.287. The molecule has 0 saturated carbocycles. The number of pyridine rings is 1. The quantitative estimate of drug-likeness (QED) is 0.768. The second-order valence-corrected chi connectivity index (χ2v) is 4.89. The van der Waals surface area contributed by atoms with E-state index in [1.54, 1.807) is 13.1 Å². The van der Waals surface area contributed by atoms with Gasteiger partial charge in [-0.2, -0.15) is 0 Å². The molecule has 0 aliphatic heterocycles. The summed E-state index contributed by atoms with van der Waals surface area (Å²) in [6.45, 7) is 2.58. The van der Waals surface area contributed by atoms with Crippen LogP contribution in [0, 0.1) is 6.92 Å². The van der Waals surface area contributed by atoms with Crippen LogP contribution in [0.1, 0.15) is 17.7 Å². The van der Waals surface area contributed by atoms with Crippen molar-refractivity contribution in [3.63, 3.8) is 0 Å². The van der Waals surface area contributed by atoms with Gasteiger partial charge in [0.1, 0.15) is 6.61 Å². The van der Waals surface area contributed by atoms with E-state index in [1.807, 2.05) is 34.9 Å². The first-order valence-electron chi connectivity index (χ1n) is 7.05. The molecule has 0 bridgehead atoms. The number of carbonyl (C=O) groups excluding carboxylic acids is 1. The Labute approximate surface area is 129 Å². The highest BCUT2D eigenvalue weighted by molar-refractivity contribution is 5.69. The second-order valence-electron chi connectivity index (χ2n) is 4.89. The highest BCUT2D eigenvalue weighted by Gasteiger charge is 2.10. The van der Waals surface area contributed by atoms with Gasteiger partial charge in [0, 0.05) is 18.8 Å². The van der Waals surface area contributed by atoms with Crippen molar-refractivity contribution in [2.45, 2.75) is 26.5 Å². The van der Waals surface area contributed by atoms with Crippen LogP contribution in [0.15, 0.2) is 47.4 Å². The number of aryl methyl sites for hydroxylation is 1. The maximum atomic E-state index is 12.0. The molecule has 0 N–H and O–H groups in total. The molecule has 0 saturated heterocycles. The molecule has 0 atom stereocenters. The molecule has 0 aliphatic rings. The lowest BCUT2D eigenvalue weighted by molar-refractivity contribution is -0.140. The van der Waals surface area contributed by atoms with Crippen molar-refractivity contribution in [2.24, 2.45) is 0 Å². The van der Waals surface area contributed by atoms with E-state index in [0.29, 0.717) is 24.6 Å². The molecule has 2 aromatic rings. The van der Waals surface area contributed by atoms with Crippen LogP contribution in [0.3, 0.4) is 0 Å². The molecule has 0 aliphatic carbocycles. The zero-order valence-electron chi connectivity index (χ0n) is 12.7. The van der Waals surface area contributed by atoms with Gasteiger partial charge >= 0.3 is 5.97 Å². The Morgan fingerprint density at radius 2 is 1.91 bits per heavy atom. The van der Waals surface area contributed by atoms with Crippen LogP contribution in [0.5, 0.6) is 5.75 Å². The lowest BCUT2D eigenvalue weighted by atomic mass is 10.2. The van der Waals surface area contributed by atoms with Gasteiger partial charge in [-0.15, -0.1) is 0 Å². The first-order valence-corrected chi connectivity index (χ1v) is 7.05. The number of methoxy groups -OCH3 is 1. The third-order valence-electron chi connectivity index (χ3n) is 3.40. The maximum absolute atomic E-state index is 12.0. The van der Waals surface area contributed by atoms with Gasteiger partial charge < -0.3 is 14.0 Å². The van der Waals surface area contributed by atoms with Gasteiger partial charge in [0.15, 0.2) is 5.75 Å². The number of hydrogen-bond donors (Lipinski definition) is 0. The number of benzene rings is 1. The van der Waals surface area contributed by atoms with Crippen molar-refractivity contribution in [1.29, 1.82) is 0 Å². The molecule has 0 fully saturated rings. The van der Waals surface area contributed by atoms with Crippen molar-refractivity contribution in [2.75, 3.05) is 7.11 Å². The largest absolute Gasteiger partial charge is 0.483 e. The van der Waals surface area contributed by atoms with Crippen molar-refractivity contribution in [1.82, 2.24) is 4.57 Å². The fourth-order valence-electron chi connectivity index (χ4n) is 2.12. The Bertz CT molecular complexity index is 692. The Kier molecular flexibility index (Phi) is 5.36. The molecule has 1 aromatic carbocycles. The molecule has 1 aromatic heterocycles. The lowest BCUT2D eigenvalue weighted by Crippen LogP contribution is -2.16. The second kappa shape index (κ2) is 7.45. The van der Waals surface area contributed by atoms with E-state index in [-0.39, 0.29) is 17.8 Å². The van der Waals surface area contributed by atoms with Crippen molar-refractivity contribution in [3.8, 4) is 5.75 Å². The summed E-state index contributed by atoms with van der Waals surface area (Å²) in [5.74, 6) is 0.0288. The summed E-state index contributed by atoms with van der Waals surface area (Å²) in [6, 6.07) is 11.1. The molecule has 0 radical (unpaired) electrons. The summed E-state index contributed by atoms with van der Waals surface area (Å²) in [5.41, 5.74) is 1.53. The number of ether oxygens (including phenoxy) is 2. The molecule has 0 unspecified atom stereocenters. The maximum Gasteiger partial charge on any atom is 0.307 e. The van der Waals surface area contributed by atoms with Crippen molar-refractivity contribution < 1.29 is 14.3 Å². The summed E-state index contributed by atoms with van der Waals surface area (Å²) in [6.07, 6.45) is 1.91. The monoisotopic (exact) mass is 301 g/mol. The van der Waals surface area contributed by atoms with E-state index in [4.69, 9.17) is 4.74 Å². The summed E-state index contributed by atoms with van der Waals surface area (Å²) < 4.78 is 12.1.